The van der Waals surface area contributed by atoms with Gasteiger partial charge in [0.2, 0.25) is 0 Å². The number of hydrazine groups is 1. The lowest BCUT2D eigenvalue weighted by molar-refractivity contribution is 0.215. The fourth-order valence-electron chi connectivity index (χ4n) is 3.80. The van der Waals surface area contributed by atoms with Crippen LogP contribution in [0.15, 0.2) is 65.8 Å². The summed E-state index contributed by atoms with van der Waals surface area (Å²) in [4.78, 5) is 11.2. The first-order chi connectivity index (χ1) is 13.3. The number of benzene rings is 3. The molecule has 0 aromatic heterocycles. The number of fused-ring (bicyclic) bond motifs is 1. The van der Waals surface area contributed by atoms with Crippen LogP contribution in [-0.4, -0.2) is 24.6 Å². The zero-order valence-electron chi connectivity index (χ0n) is 15.1. The maximum atomic E-state index is 13.1. The molecule has 0 bridgehead atoms. The van der Waals surface area contributed by atoms with Gasteiger partial charge in [-0.15, -0.1) is 4.91 Å². The standard InChI is InChI=1S/C22H22FN3O/c23-18-9-7-17(8-10-18)13-16-25-14-3-4-15-26(25)22-12-11-21(24-27)19-5-1-2-6-20(19)22/h1-2,5-12H,3-4,13-16H2. The number of hydrogen-bond acceptors (Lipinski definition) is 4. The highest BCUT2D eigenvalue weighted by molar-refractivity contribution is 6.01. The van der Waals surface area contributed by atoms with E-state index in [1.54, 1.807) is 6.07 Å². The number of nitrogens with zero attached hydrogens (tertiary/aromatic N) is 3. The van der Waals surface area contributed by atoms with Crippen molar-refractivity contribution in [2.45, 2.75) is 19.3 Å². The summed E-state index contributed by atoms with van der Waals surface area (Å²) in [6.07, 6.45) is 3.16. The third-order valence-corrected chi connectivity index (χ3v) is 5.20. The van der Waals surface area contributed by atoms with Gasteiger partial charge in [0.1, 0.15) is 11.5 Å². The van der Waals surface area contributed by atoms with Crippen LogP contribution in [0.4, 0.5) is 15.8 Å². The quantitative estimate of drug-likeness (QED) is 0.567. The summed E-state index contributed by atoms with van der Waals surface area (Å²) in [5.74, 6) is -0.200. The molecule has 3 aromatic carbocycles. The Hall–Kier alpha value is -2.79. The molecule has 0 radical (unpaired) electrons. The van der Waals surface area contributed by atoms with Gasteiger partial charge in [-0.1, -0.05) is 36.4 Å². The number of nitroso groups, excluding NO2 is 1. The van der Waals surface area contributed by atoms with E-state index in [1.165, 1.54) is 12.1 Å². The highest BCUT2D eigenvalue weighted by Crippen LogP contribution is 2.35. The predicted octanol–water partition coefficient (Wildman–Crippen LogP) is 5.44. The van der Waals surface area contributed by atoms with Crippen molar-refractivity contribution in [3.8, 4) is 0 Å². The summed E-state index contributed by atoms with van der Waals surface area (Å²) in [6.45, 7) is 2.80. The van der Waals surface area contributed by atoms with Gasteiger partial charge in [0.15, 0.2) is 0 Å². The van der Waals surface area contributed by atoms with E-state index in [1.807, 2.05) is 42.5 Å². The molecular formula is C22H22FN3O. The van der Waals surface area contributed by atoms with Gasteiger partial charge in [-0.3, -0.25) is 0 Å². The molecule has 0 unspecified atom stereocenters. The van der Waals surface area contributed by atoms with E-state index in [0.717, 1.165) is 60.9 Å². The van der Waals surface area contributed by atoms with Crippen molar-refractivity contribution in [3.63, 3.8) is 0 Å². The van der Waals surface area contributed by atoms with Gasteiger partial charge in [0.05, 0.1) is 5.69 Å². The van der Waals surface area contributed by atoms with Crippen LogP contribution in [0.25, 0.3) is 10.8 Å². The fourth-order valence-corrected chi connectivity index (χ4v) is 3.80. The molecule has 3 aromatic rings. The summed E-state index contributed by atoms with van der Waals surface area (Å²) >= 11 is 0. The third kappa shape index (κ3) is 3.69. The van der Waals surface area contributed by atoms with Crippen molar-refractivity contribution in [1.82, 2.24) is 5.01 Å². The SMILES string of the molecule is O=Nc1ccc(N2CCCCN2CCc2ccc(F)cc2)c2ccccc12. The van der Waals surface area contributed by atoms with E-state index < -0.39 is 0 Å². The summed E-state index contributed by atoms with van der Waals surface area (Å²) in [5.41, 5.74) is 2.72. The molecule has 0 amide bonds. The van der Waals surface area contributed by atoms with E-state index in [9.17, 15) is 9.30 Å². The second-order valence-electron chi connectivity index (χ2n) is 6.90. The van der Waals surface area contributed by atoms with Gasteiger partial charge in [0, 0.05) is 30.4 Å². The summed E-state index contributed by atoms with van der Waals surface area (Å²) in [7, 11) is 0. The van der Waals surface area contributed by atoms with Crippen LogP contribution in [0.5, 0.6) is 0 Å². The van der Waals surface area contributed by atoms with Crippen molar-refractivity contribution < 1.29 is 4.39 Å². The Labute approximate surface area is 158 Å². The van der Waals surface area contributed by atoms with Crippen molar-refractivity contribution >= 4 is 22.1 Å². The van der Waals surface area contributed by atoms with Gasteiger partial charge >= 0.3 is 0 Å². The van der Waals surface area contributed by atoms with Gasteiger partial charge in [-0.25, -0.2) is 9.40 Å². The first kappa shape index (κ1) is 17.6. The lowest BCUT2D eigenvalue weighted by atomic mass is 10.1. The van der Waals surface area contributed by atoms with Crippen LogP contribution in [0.1, 0.15) is 18.4 Å². The molecule has 1 fully saturated rings. The smallest absolute Gasteiger partial charge is 0.123 e. The second-order valence-corrected chi connectivity index (χ2v) is 6.90. The zero-order chi connectivity index (χ0) is 18.6. The van der Waals surface area contributed by atoms with Crippen molar-refractivity contribution in [2.75, 3.05) is 24.6 Å². The summed E-state index contributed by atoms with van der Waals surface area (Å²) in [6, 6.07) is 18.5. The number of halogens is 1. The fraction of sp³-hybridized carbons (Fsp3) is 0.273. The first-order valence-corrected chi connectivity index (χ1v) is 9.38. The Balaban J connectivity index is 1.62. The minimum Gasteiger partial charge on any atom is -0.305 e. The van der Waals surface area contributed by atoms with Gasteiger partial charge in [-0.05, 0) is 54.3 Å². The molecule has 0 N–H and O–H groups in total. The van der Waals surface area contributed by atoms with Crippen LogP contribution in [0.2, 0.25) is 0 Å². The zero-order valence-corrected chi connectivity index (χ0v) is 15.1. The van der Waals surface area contributed by atoms with Crippen LogP contribution < -0.4 is 5.01 Å². The molecule has 1 heterocycles. The van der Waals surface area contributed by atoms with Gasteiger partial charge in [0.25, 0.3) is 0 Å². The second kappa shape index (κ2) is 7.84. The van der Waals surface area contributed by atoms with E-state index in [-0.39, 0.29) is 5.82 Å². The van der Waals surface area contributed by atoms with Crippen LogP contribution in [-0.2, 0) is 6.42 Å². The summed E-state index contributed by atoms with van der Waals surface area (Å²) in [5, 5.41) is 9.79. The largest absolute Gasteiger partial charge is 0.305 e. The van der Waals surface area contributed by atoms with Crippen LogP contribution >= 0.6 is 0 Å². The molecule has 4 rings (SSSR count). The van der Waals surface area contributed by atoms with Crippen molar-refractivity contribution in [2.24, 2.45) is 5.18 Å². The van der Waals surface area contributed by atoms with Crippen molar-refractivity contribution in [1.29, 1.82) is 0 Å². The maximum Gasteiger partial charge on any atom is 0.123 e. The van der Waals surface area contributed by atoms with Crippen molar-refractivity contribution in [3.05, 3.63) is 77.0 Å². The topological polar surface area (TPSA) is 35.9 Å². The Morgan fingerprint density at radius 1 is 0.889 bits per heavy atom. The predicted molar refractivity (Wildman–Crippen MR) is 108 cm³/mol. The molecular weight excluding hydrogens is 341 g/mol. The average Bonchev–Trinajstić information content (AvgIpc) is 2.73. The lowest BCUT2D eigenvalue weighted by Gasteiger charge is -2.41. The van der Waals surface area contributed by atoms with Gasteiger partial charge in [-0.2, -0.15) is 0 Å². The third-order valence-electron chi connectivity index (χ3n) is 5.20. The molecule has 27 heavy (non-hydrogen) atoms. The minimum absolute atomic E-state index is 0.200. The summed E-state index contributed by atoms with van der Waals surface area (Å²) < 4.78 is 13.1. The Bertz CT molecular complexity index is 942. The average molecular weight is 363 g/mol. The highest BCUT2D eigenvalue weighted by atomic mass is 19.1. The van der Waals surface area contributed by atoms with Gasteiger partial charge < -0.3 is 5.01 Å². The molecule has 4 nitrogen and oxygen atoms in total. The molecule has 138 valence electrons. The molecule has 1 aliphatic heterocycles. The number of rotatable bonds is 5. The molecule has 0 spiro atoms. The molecule has 1 aliphatic rings. The van der Waals surface area contributed by atoms with E-state index in [4.69, 9.17) is 0 Å². The van der Waals surface area contributed by atoms with Crippen LogP contribution in [0.3, 0.4) is 0 Å². The van der Waals surface area contributed by atoms with E-state index in [0.29, 0.717) is 5.69 Å². The normalized spacial score (nSPS) is 15.2. The monoisotopic (exact) mass is 363 g/mol. The van der Waals surface area contributed by atoms with Crippen LogP contribution in [0, 0.1) is 10.7 Å². The van der Waals surface area contributed by atoms with E-state index >= 15 is 0 Å². The molecule has 1 saturated heterocycles. The maximum absolute atomic E-state index is 13.1. The Kier molecular flexibility index (Phi) is 5.12. The Morgan fingerprint density at radius 2 is 1.63 bits per heavy atom. The van der Waals surface area contributed by atoms with E-state index in [2.05, 4.69) is 15.2 Å². The molecule has 0 saturated carbocycles. The first-order valence-electron chi connectivity index (χ1n) is 9.38. The number of anilines is 1. The Morgan fingerprint density at radius 3 is 2.41 bits per heavy atom. The molecule has 0 atom stereocenters. The molecule has 5 heteroatoms. The molecule has 0 aliphatic carbocycles. The lowest BCUT2D eigenvalue weighted by Crippen LogP contribution is -2.48. The number of hydrogen-bond donors (Lipinski definition) is 0. The minimum atomic E-state index is -0.200. The highest BCUT2D eigenvalue weighted by Gasteiger charge is 2.22.